The third-order valence-corrected chi connectivity index (χ3v) is 6.84. The molecule has 6 nitrogen and oxygen atoms in total. The first-order valence-corrected chi connectivity index (χ1v) is 9.61. The Morgan fingerprint density at radius 1 is 1.19 bits per heavy atom. The zero-order valence-corrected chi connectivity index (χ0v) is 13.1. The van der Waals surface area contributed by atoms with Crippen molar-refractivity contribution in [3.8, 4) is 0 Å². The molecule has 7 heteroatoms. The van der Waals surface area contributed by atoms with Crippen LogP contribution in [0.2, 0.25) is 0 Å². The van der Waals surface area contributed by atoms with Gasteiger partial charge in [-0.2, -0.15) is 0 Å². The normalized spacial score (nSPS) is 32.5. The van der Waals surface area contributed by atoms with Crippen LogP contribution in [0.5, 0.6) is 0 Å². The Morgan fingerprint density at radius 3 is 2.62 bits per heavy atom. The van der Waals surface area contributed by atoms with Crippen molar-refractivity contribution in [1.82, 2.24) is 9.80 Å². The summed E-state index contributed by atoms with van der Waals surface area (Å²) in [5.74, 6) is 0.176. The van der Waals surface area contributed by atoms with Crippen LogP contribution >= 0.6 is 0 Å². The number of hydrogen-bond acceptors (Lipinski definition) is 4. The molecular weight excluding hydrogens is 292 g/mol. The van der Waals surface area contributed by atoms with Gasteiger partial charge in [-0.05, 0) is 25.2 Å². The van der Waals surface area contributed by atoms with E-state index in [1.165, 1.54) is 6.42 Å². The topological polar surface area (TPSA) is 74.8 Å². The molecule has 2 saturated heterocycles. The van der Waals surface area contributed by atoms with E-state index < -0.39 is 9.84 Å². The summed E-state index contributed by atoms with van der Waals surface area (Å²) in [4.78, 5) is 27.8. The van der Waals surface area contributed by atoms with Crippen LogP contribution in [0.3, 0.4) is 0 Å². The van der Waals surface area contributed by atoms with Crippen LogP contribution < -0.4 is 0 Å². The molecule has 2 heterocycles. The van der Waals surface area contributed by atoms with Gasteiger partial charge in [-0.25, -0.2) is 13.2 Å². The van der Waals surface area contributed by atoms with Crippen LogP contribution in [-0.4, -0.2) is 60.3 Å². The van der Waals surface area contributed by atoms with E-state index in [-0.39, 0.29) is 42.1 Å². The number of rotatable bonds is 4. The number of amides is 3. The fourth-order valence-corrected chi connectivity index (χ4v) is 4.70. The standard InChI is InChI=1S/C14H22N2O4S/c1-2-21(19,20)8-7-15-13(17)12-9-10-5-3-4-6-11(10)16(12)14(15)18/h10-12H,2-9H2,1H3/t10-,11+,12-/m0/s1. The van der Waals surface area contributed by atoms with Crippen molar-refractivity contribution >= 4 is 21.8 Å². The fourth-order valence-electron chi connectivity index (χ4n) is 3.95. The molecule has 0 aromatic carbocycles. The van der Waals surface area contributed by atoms with Gasteiger partial charge in [0.25, 0.3) is 5.91 Å². The molecule has 1 aliphatic carbocycles. The summed E-state index contributed by atoms with van der Waals surface area (Å²) >= 11 is 0. The van der Waals surface area contributed by atoms with Crippen molar-refractivity contribution in [2.75, 3.05) is 18.1 Å². The summed E-state index contributed by atoms with van der Waals surface area (Å²) < 4.78 is 23.2. The Morgan fingerprint density at radius 2 is 1.90 bits per heavy atom. The maximum Gasteiger partial charge on any atom is 0.327 e. The molecule has 0 unspecified atom stereocenters. The second-order valence-corrected chi connectivity index (χ2v) is 8.75. The first kappa shape index (κ1) is 14.8. The zero-order valence-electron chi connectivity index (χ0n) is 12.3. The highest BCUT2D eigenvalue weighted by atomic mass is 32.2. The van der Waals surface area contributed by atoms with Gasteiger partial charge in [-0.3, -0.25) is 9.69 Å². The Labute approximate surface area is 125 Å². The highest BCUT2D eigenvalue weighted by Gasteiger charge is 2.55. The zero-order chi connectivity index (χ0) is 15.2. The van der Waals surface area contributed by atoms with Gasteiger partial charge >= 0.3 is 6.03 Å². The van der Waals surface area contributed by atoms with Crippen LogP contribution in [0.25, 0.3) is 0 Å². The van der Waals surface area contributed by atoms with E-state index in [0.717, 1.165) is 30.6 Å². The maximum atomic E-state index is 12.5. The number of carbonyl (C=O) groups excluding carboxylic acids is 2. The van der Waals surface area contributed by atoms with Gasteiger partial charge < -0.3 is 4.90 Å². The van der Waals surface area contributed by atoms with E-state index >= 15 is 0 Å². The second kappa shape index (κ2) is 5.26. The van der Waals surface area contributed by atoms with Crippen molar-refractivity contribution in [3.63, 3.8) is 0 Å². The molecule has 3 atom stereocenters. The molecule has 0 spiro atoms. The molecule has 0 radical (unpaired) electrons. The summed E-state index contributed by atoms with van der Waals surface area (Å²) in [5, 5.41) is 0. The van der Waals surface area contributed by atoms with E-state index in [1.54, 1.807) is 11.8 Å². The number of hydrogen-bond donors (Lipinski definition) is 0. The molecule has 0 aromatic rings. The van der Waals surface area contributed by atoms with Crippen LogP contribution in [0.4, 0.5) is 4.79 Å². The van der Waals surface area contributed by atoms with Gasteiger partial charge in [-0.1, -0.05) is 19.8 Å². The lowest BCUT2D eigenvalue weighted by Gasteiger charge is -2.30. The molecule has 3 rings (SSSR count). The molecule has 0 N–H and O–H groups in total. The number of sulfone groups is 1. The van der Waals surface area contributed by atoms with Gasteiger partial charge in [0.2, 0.25) is 0 Å². The Balaban J connectivity index is 1.73. The second-order valence-electron chi connectivity index (χ2n) is 6.28. The van der Waals surface area contributed by atoms with E-state index in [2.05, 4.69) is 0 Å². The van der Waals surface area contributed by atoms with E-state index in [9.17, 15) is 18.0 Å². The SMILES string of the molecule is CCS(=O)(=O)CCN1C(=O)[C@@H]2C[C@@H]3CCCC[C@H]3N2C1=O. The fraction of sp³-hybridized carbons (Fsp3) is 0.857. The highest BCUT2D eigenvalue weighted by molar-refractivity contribution is 7.91. The third-order valence-electron chi connectivity index (χ3n) is 5.16. The van der Waals surface area contributed by atoms with Crippen molar-refractivity contribution < 1.29 is 18.0 Å². The van der Waals surface area contributed by atoms with Crippen molar-refractivity contribution in [1.29, 1.82) is 0 Å². The molecule has 3 aliphatic rings. The number of carbonyl (C=O) groups is 2. The Kier molecular flexibility index (Phi) is 3.71. The Bertz CT molecular complexity index is 559. The van der Waals surface area contributed by atoms with Crippen LogP contribution in [0.15, 0.2) is 0 Å². The first-order chi connectivity index (χ1) is 9.94. The summed E-state index contributed by atoms with van der Waals surface area (Å²) in [6, 6.07) is -0.423. The van der Waals surface area contributed by atoms with Crippen LogP contribution in [-0.2, 0) is 14.6 Å². The van der Waals surface area contributed by atoms with E-state index in [0.29, 0.717) is 5.92 Å². The summed E-state index contributed by atoms with van der Waals surface area (Å²) in [7, 11) is -3.17. The average Bonchev–Trinajstić information content (AvgIpc) is 2.95. The minimum Gasteiger partial charge on any atom is -0.309 e. The maximum absolute atomic E-state index is 12.5. The minimum absolute atomic E-state index is 0.00176. The van der Waals surface area contributed by atoms with Gasteiger partial charge in [0.05, 0.1) is 5.75 Å². The molecule has 21 heavy (non-hydrogen) atoms. The highest BCUT2D eigenvalue weighted by Crippen LogP contribution is 2.43. The van der Waals surface area contributed by atoms with Crippen LogP contribution in [0.1, 0.15) is 39.0 Å². The number of imide groups is 1. The predicted molar refractivity (Wildman–Crippen MR) is 77.4 cm³/mol. The molecule has 0 bridgehead atoms. The monoisotopic (exact) mass is 314 g/mol. The van der Waals surface area contributed by atoms with E-state index in [1.807, 2.05) is 0 Å². The van der Waals surface area contributed by atoms with Crippen molar-refractivity contribution in [2.24, 2.45) is 5.92 Å². The summed E-state index contributed by atoms with van der Waals surface area (Å²) in [6.45, 7) is 1.58. The number of fused-ring (bicyclic) bond motifs is 3. The molecule has 2 aliphatic heterocycles. The molecule has 0 aromatic heterocycles. The van der Waals surface area contributed by atoms with Crippen molar-refractivity contribution in [2.45, 2.75) is 51.1 Å². The lowest BCUT2D eigenvalue weighted by molar-refractivity contribution is -0.127. The van der Waals surface area contributed by atoms with E-state index in [4.69, 9.17) is 0 Å². The third kappa shape index (κ3) is 2.45. The molecule has 118 valence electrons. The van der Waals surface area contributed by atoms with Crippen molar-refractivity contribution in [3.05, 3.63) is 0 Å². The Hall–Kier alpha value is -1.11. The lowest BCUT2D eigenvalue weighted by Crippen LogP contribution is -2.42. The average molecular weight is 314 g/mol. The molecular formula is C14H22N2O4S. The molecule has 3 fully saturated rings. The number of nitrogens with zero attached hydrogens (tertiary/aromatic N) is 2. The van der Waals surface area contributed by atoms with Gasteiger partial charge in [0.15, 0.2) is 9.84 Å². The predicted octanol–water partition coefficient (Wildman–Crippen LogP) is 1.02. The van der Waals surface area contributed by atoms with Gasteiger partial charge in [-0.15, -0.1) is 0 Å². The minimum atomic E-state index is -3.17. The molecule has 1 saturated carbocycles. The smallest absolute Gasteiger partial charge is 0.309 e. The summed E-state index contributed by atoms with van der Waals surface area (Å²) in [5.41, 5.74) is 0. The van der Waals surface area contributed by atoms with Gasteiger partial charge in [0, 0.05) is 18.3 Å². The van der Waals surface area contributed by atoms with Gasteiger partial charge in [0.1, 0.15) is 6.04 Å². The quantitative estimate of drug-likeness (QED) is 0.726. The lowest BCUT2D eigenvalue weighted by atomic mass is 9.84. The summed E-state index contributed by atoms with van der Waals surface area (Å²) in [6.07, 6.45) is 5.12. The number of urea groups is 1. The molecule has 3 amide bonds. The first-order valence-electron chi connectivity index (χ1n) is 7.78. The largest absolute Gasteiger partial charge is 0.327 e. The van der Waals surface area contributed by atoms with Crippen LogP contribution in [0, 0.1) is 5.92 Å².